The number of benzene rings is 1. The highest BCUT2D eigenvalue weighted by Gasteiger charge is 2.50. The maximum atomic E-state index is 13.0. The van der Waals surface area contributed by atoms with Crippen LogP contribution in [0, 0.1) is 16.6 Å². The number of rotatable bonds is 1. The van der Waals surface area contributed by atoms with Crippen LogP contribution in [0.3, 0.4) is 0 Å². The lowest BCUT2D eigenvalue weighted by molar-refractivity contribution is 0.0708. The number of likely N-dealkylation sites (tertiary alicyclic amines) is 1. The molecule has 3 heteroatoms. The zero-order valence-electron chi connectivity index (χ0n) is 12.4. The van der Waals surface area contributed by atoms with Crippen molar-refractivity contribution >= 4 is 5.91 Å². The predicted molar refractivity (Wildman–Crippen MR) is 77.0 cm³/mol. The van der Waals surface area contributed by atoms with Gasteiger partial charge in [0.15, 0.2) is 0 Å². The Morgan fingerprint density at radius 1 is 1.20 bits per heavy atom. The Morgan fingerprint density at radius 2 is 1.85 bits per heavy atom. The molecule has 1 saturated heterocycles. The average molecular weight is 275 g/mol. The molecule has 0 unspecified atom stereocenters. The van der Waals surface area contributed by atoms with Crippen LogP contribution < -0.4 is 0 Å². The molecule has 20 heavy (non-hydrogen) atoms. The molecule has 1 aromatic carbocycles. The minimum atomic E-state index is -0.296. The highest BCUT2D eigenvalue weighted by molar-refractivity contribution is 5.94. The summed E-state index contributed by atoms with van der Waals surface area (Å²) in [7, 11) is 0. The zero-order valence-corrected chi connectivity index (χ0v) is 12.4. The van der Waals surface area contributed by atoms with Gasteiger partial charge in [-0.2, -0.15) is 0 Å². The molecule has 2 aliphatic rings. The van der Waals surface area contributed by atoms with Gasteiger partial charge in [0.25, 0.3) is 5.91 Å². The highest BCUT2D eigenvalue weighted by atomic mass is 19.1. The fourth-order valence-electron chi connectivity index (χ4n) is 4.46. The molecule has 0 spiro atoms. The number of hydrogen-bond donors (Lipinski definition) is 0. The number of halogens is 1. The number of hydrogen-bond acceptors (Lipinski definition) is 1. The molecular weight excluding hydrogens is 253 g/mol. The molecule has 0 N–H and O–H groups in total. The fraction of sp³-hybridized carbons (Fsp3) is 0.588. The minimum absolute atomic E-state index is 0.0522. The van der Waals surface area contributed by atoms with Gasteiger partial charge < -0.3 is 4.90 Å². The molecule has 1 aliphatic heterocycles. The lowest BCUT2D eigenvalue weighted by Crippen LogP contribution is -2.37. The van der Waals surface area contributed by atoms with Crippen LogP contribution in [0.25, 0.3) is 0 Å². The Labute approximate surface area is 120 Å². The standard InChI is InChI=1S/C17H22FNO/c1-16(2)8-14-9-17(3,10-16)11-19(14)15(20)12-4-6-13(18)7-5-12/h4-7,14H,8-11H2,1-3H3/t14-,17+/m0/s1. The lowest BCUT2D eigenvalue weighted by Gasteiger charge is -2.39. The second-order valence-corrected chi connectivity index (χ2v) is 7.65. The van der Waals surface area contributed by atoms with Gasteiger partial charge in [0.05, 0.1) is 0 Å². The summed E-state index contributed by atoms with van der Waals surface area (Å²) in [6.07, 6.45) is 3.34. The van der Waals surface area contributed by atoms with E-state index in [0.717, 1.165) is 19.4 Å². The number of fused-ring (bicyclic) bond motifs is 2. The Morgan fingerprint density at radius 3 is 2.50 bits per heavy atom. The van der Waals surface area contributed by atoms with Crippen LogP contribution in [0.2, 0.25) is 0 Å². The van der Waals surface area contributed by atoms with Crippen molar-refractivity contribution in [1.82, 2.24) is 4.90 Å². The van der Waals surface area contributed by atoms with Crippen molar-refractivity contribution in [2.45, 2.75) is 46.1 Å². The monoisotopic (exact) mass is 275 g/mol. The van der Waals surface area contributed by atoms with Crippen LogP contribution >= 0.6 is 0 Å². The molecule has 1 saturated carbocycles. The smallest absolute Gasteiger partial charge is 0.254 e. The summed E-state index contributed by atoms with van der Waals surface area (Å²) < 4.78 is 13.0. The first-order valence-electron chi connectivity index (χ1n) is 7.35. The number of amides is 1. The van der Waals surface area contributed by atoms with Gasteiger partial charge in [0, 0.05) is 18.2 Å². The first kappa shape index (κ1) is 13.6. The van der Waals surface area contributed by atoms with E-state index in [1.165, 1.54) is 18.6 Å². The molecule has 3 rings (SSSR count). The van der Waals surface area contributed by atoms with Crippen LogP contribution in [0.1, 0.15) is 50.4 Å². The molecule has 2 fully saturated rings. The molecule has 1 aromatic rings. The normalized spacial score (nSPS) is 31.4. The molecular formula is C17H22FNO. The fourth-order valence-corrected chi connectivity index (χ4v) is 4.46. The first-order chi connectivity index (χ1) is 9.28. The number of carbonyl (C=O) groups excluding carboxylic acids is 1. The van der Waals surface area contributed by atoms with Crippen LogP contribution in [0.15, 0.2) is 24.3 Å². The van der Waals surface area contributed by atoms with E-state index in [1.807, 2.05) is 4.90 Å². The van der Waals surface area contributed by atoms with Gasteiger partial charge in [-0.15, -0.1) is 0 Å². The molecule has 108 valence electrons. The molecule has 0 aromatic heterocycles. The Kier molecular flexibility index (Phi) is 2.93. The van der Waals surface area contributed by atoms with E-state index >= 15 is 0 Å². The van der Waals surface area contributed by atoms with Gasteiger partial charge in [-0.25, -0.2) is 4.39 Å². The van der Waals surface area contributed by atoms with Crippen molar-refractivity contribution in [1.29, 1.82) is 0 Å². The predicted octanol–water partition coefficient (Wildman–Crippen LogP) is 3.87. The highest BCUT2D eigenvalue weighted by Crippen LogP contribution is 2.52. The van der Waals surface area contributed by atoms with Gasteiger partial charge in [-0.05, 0) is 54.4 Å². The third-order valence-electron chi connectivity index (χ3n) is 4.77. The van der Waals surface area contributed by atoms with Gasteiger partial charge in [-0.3, -0.25) is 4.79 Å². The van der Waals surface area contributed by atoms with E-state index in [4.69, 9.17) is 0 Å². The maximum Gasteiger partial charge on any atom is 0.254 e. The van der Waals surface area contributed by atoms with E-state index in [2.05, 4.69) is 20.8 Å². The van der Waals surface area contributed by atoms with Crippen molar-refractivity contribution in [3.05, 3.63) is 35.6 Å². The van der Waals surface area contributed by atoms with E-state index in [9.17, 15) is 9.18 Å². The van der Waals surface area contributed by atoms with Crippen molar-refractivity contribution in [3.8, 4) is 0 Å². The first-order valence-corrected chi connectivity index (χ1v) is 7.35. The summed E-state index contributed by atoms with van der Waals surface area (Å²) in [4.78, 5) is 14.7. The van der Waals surface area contributed by atoms with E-state index in [-0.39, 0.29) is 17.1 Å². The molecule has 1 aliphatic carbocycles. The summed E-state index contributed by atoms with van der Waals surface area (Å²) in [5, 5.41) is 0. The Hall–Kier alpha value is -1.38. The van der Waals surface area contributed by atoms with Gasteiger partial charge >= 0.3 is 0 Å². The van der Waals surface area contributed by atoms with Crippen LogP contribution in [-0.4, -0.2) is 23.4 Å². The summed E-state index contributed by atoms with van der Waals surface area (Å²) >= 11 is 0. The zero-order chi connectivity index (χ0) is 14.5. The molecule has 1 amide bonds. The Balaban J connectivity index is 1.85. The Bertz CT molecular complexity index is 536. The summed E-state index contributed by atoms with van der Waals surface area (Å²) in [5.41, 5.74) is 1.14. The third-order valence-corrected chi connectivity index (χ3v) is 4.77. The molecule has 2 bridgehead atoms. The second kappa shape index (κ2) is 4.31. The van der Waals surface area contributed by atoms with Crippen LogP contribution in [-0.2, 0) is 0 Å². The summed E-state index contributed by atoms with van der Waals surface area (Å²) in [6.45, 7) is 7.71. The maximum absolute atomic E-state index is 13.0. The van der Waals surface area contributed by atoms with Crippen molar-refractivity contribution in [3.63, 3.8) is 0 Å². The SMILES string of the molecule is CC1(C)C[C@H]2C[C@@](C)(CN2C(=O)c2ccc(F)cc2)C1. The molecule has 2 atom stereocenters. The van der Waals surface area contributed by atoms with Crippen LogP contribution in [0.5, 0.6) is 0 Å². The van der Waals surface area contributed by atoms with Gasteiger partial charge in [-0.1, -0.05) is 20.8 Å². The topological polar surface area (TPSA) is 20.3 Å². The van der Waals surface area contributed by atoms with Gasteiger partial charge in [0.1, 0.15) is 5.82 Å². The van der Waals surface area contributed by atoms with Gasteiger partial charge in [0.2, 0.25) is 0 Å². The van der Waals surface area contributed by atoms with E-state index in [0.29, 0.717) is 17.0 Å². The second-order valence-electron chi connectivity index (χ2n) is 7.65. The largest absolute Gasteiger partial charge is 0.335 e. The van der Waals surface area contributed by atoms with Crippen molar-refractivity contribution < 1.29 is 9.18 Å². The molecule has 1 heterocycles. The van der Waals surface area contributed by atoms with Crippen molar-refractivity contribution in [2.75, 3.05) is 6.54 Å². The minimum Gasteiger partial charge on any atom is -0.335 e. The number of nitrogens with zero attached hydrogens (tertiary/aromatic N) is 1. The molecule has 0 radical (unpaired) electrons. The van der Waals surface area contributed by atoms with Crippen molar-refractivity contribution in [2.24, 2.45) is 10.8 Å². The van der Waals surface area contributed by atoms with Crippen LogP contribution in [0.4, 0.5) is 4.39 Å². The quantitative estimate of drug-likeness (QED) is 0.762. The molecule has 2 nitrogen and oxygen atoms in total. The van der Waals surface area contributed by atoms with E-state index in [1.54, 1.807) is 12.1 Å². The lowest BCUT2D eigenvalue weighted by atomic mass is 9.65. The summed E-state index contributed by atoms with van der Waals surface area (Å²) in [6, 6.07) is 6.24. The summed E-state index contributed by atoms with van der Waals surface area (Å²) in [5.74, 6) is -0.244. The third kappa shape index (κ3) is 2.34. The van der Waals surface area contributed by atoms with E-state index < -0.39 is 0 Å². The average Bonchev–Trinajstić information content (AvgIpc) is 2.58. The number of carbonyl (C=O) groups is 1.